The number of unbranched alkanes of at least 4 members (excludes halogenated alkanes) is 1. The lowest BCUT2D eigenvalue weighted by Gasteiger charge is -2.35. The average molecular weight is 610 g/mol. The van der Waals surface area contributed by atoms with E-state index in [1.165, 1.54) is 9.80 Å². The molecular weight excluding hydrogens is 557 g/mol. The van der Waals surface area contributed by atoms with Gasteiger partial charge in [-0.15, -0.1) is 0 Å². The van der Waals surface area contributed by atoms with Gasteiger partial charge in [0.05, 0.1) is 11.2 Å². The second kappa shape index (κ2) is 12.5. The summed E-state index contributed by atoms with van der Waals surface area (Å²) in [4.78, 5) is 55.1. The van der Waals surface area contributed by atoms with E-state index >= 15 is 0 Å². The van der Waals surface area contributed by atoms with Gasteiger partial charge in [0, 0.05) is 25.6 Å². The molecule has 3 amide bonds. The minimum Gasteiger partial charge on any atom is -0.479 e. The fourth-order valence-electron chi connectivity index (χ4n) is 5.87. The first-order valence-corrected chi connectivity index (χ1v) is 15.5. The summed E-state index contributed by atoms with van der Waals surface area (Å²) in [5.74, 6) is -1.54. The number of nitrogens with one attached hydrogen (secondary N) is 1. The van der Waals surface area contributed by atoms with Gasteiger partial charge in [-0.25, -0.2) is 14.4 Å². The molecule has 43 heavy (non-hydrogen) atoms. The highest BCUT2D eigenvalue weighted by Gasteiger charge is 2.55. The minimum atomic E-state index is -1.57. The fraction of sp³-hybridized carbons (Fsp3) is 0.867. The zero-order valence-electron chi connectivity index (χ0n) is 27.7. The average Bonchev–Trinajstić information content (AvgIpc) is 3.49. The van der Waals surface area contributed by atoms with E-state index in [0.717, 1.165) is 0 Å². The van der Waals surface area contributed by atoms with Gasteiger partial charge in [0.15, 0.2) is 0 Å². The molecule has 13 heteroatoms. The van der Waals surface area contributed by atoms with Crippen LogP contribution in [0.4, 0.5) is 9.59 Å². The fourth-order valence-corrected chi connectivity index (χ4v) is 5.87. The highest BCUT2D eigenvalue weighted by atomic mass is 16.7. The van der Waals surface area contributed by atoms with Crippen LogP contribution in [0.1, 0.15) is 108 Å². The first-order chi connectivity index (χ1) is 19.6. The number of rotatable bonds is 8. The Morgan fingerprint density at radius 2 is 1.49 bits per heavy atom. The normalized spacial score (nSPS) is 26.9. The number of hydrogen-bond donors (Lipinski definition) is 2. The summed E-state index contributed by atoms with van der Waals surface area (Å²) in [5, 5.41) is 13.5. The quantitative estimate of drug-likeness (QED) is 0.298. The molecule has 244 valence electrons. The molecule has 0 aliphatic carbocycles. The van der Waals surface area contributed by atoms with Crippen molar-refractivity contribution in [2.24, 2.45) is 0 Å². The van der Waals surface area contributed by atoms with Gasteiger partial charge >= 0.3 is 25.3 Å². The highest BCUT2D eigenvalue weighted by molar-refractivity contribution is 6.45. The van der Waals surface area contributed by atoms with Crippen LogP contribution in [0.3, 0.4) is 0 Å². The van der Waals surface area contributed by atoms with Crippen molar-refractivity contribution in [3.05, 3.63) is 0 Å². The molecule has 3 atom stereocenters. The topological polar surface area (TPSA) is 144 Å². The van der Waals surface area contributed by atoms with Crippen molar-refractivity contribution in [3.63, 3.8) is 0 Å². The molecule has 0 spiro atoms. The van der Waals surface area contributed by atoms with Crippen LogP contribution >= 0.6 is 0 Å². The summed E-state index contributed by atoms with van der Waals surface area (Å²) in [6.07, 6.45) is 1.69. The van der Waals surface area contributed by atoms with Crippen molar-refractivity contribution >= 4 is 31.2 Å². The van der Waals surface area contributed by atoms with Crippen molar-refractivity contribution in [1.82, 2.24) is 15.1 Å². The minimum absolute atomic E-state index is 0.0168. The molecule has 2 unspecified atom stereocenters. The lowest BCUT2D eigenvalue weighted by Crippen LogP contribution is -2.54. The lowest BCUT2D eigenvalue weighted by atomic mass is 9.80. The number of carboxylic acids is 1. The van der Waals surface area contributed by atoms with Gasteiger partial charge in [0.2, 0.25) is 5.91 Å². The molecule has 3 fully saturated rings. The Bertz CT molecular complexity index is 1050. The van der Waals surface area contributed by atoms with E-state index in [4.69, 9.17) is 18.8 Å². The number of carboxylic acid groups (broad SMARTS) is 1. The van der Waals surface area contributed by atoms with Gasteiger partial charge in [0.1, 0.15) is 22.8 Å². The van der Waals surface area contributed by atoms with E-state index in [1.54, 1.807) is 41.5 Å². The van der Waals surface area contributed by atoms with Crippen molar-refractivity contribution in [2.75, 3.05) is 13.1 Å². The summed E-state index contributed by atoms with van der Waals surface area (Å²) in [7, 11) is -0.400. The SMILES string of the molecule is CC(C)(C)OC(=O)N1CCC[C@H]1C(=O)NC1CN(C(=O)OC(C)(C)C)C(CCCCB2OC(C)(C)C(C)(C)O2)(C(=O)O)C1. The molecule has 12 nitrogen and oxygen atoms in total. The van der Waals surface area contributed by atoms with Gasteiger partial charge in [-0.3, -0.25) is 14.6 Å². The van der Waals surface area contributed by atoms with E-state index in [0.29, 0.717) is 38.5 Å². The Labute approximate surface area is 256 Å². The zero-order valence-corrected chi connectivity index (χ0v) is 27.7. The number of carbonyl (C=O) groups is 4. The molecule has 3 heterocycles. The summed E-state index contributed by atoms with van der Waals surface area (Å²) >= 11 is 0. The maximum atomic E-state index is 13.4. The maximum absolute atomic E-state index is 13.4. The van der Waals surface area contributed by atoms with Gasteiger partial charge in [-0.2, -0.15) is 0 Å². The maximum Gasteiger partial charge on any atom is 0.457 e. The highest BCUT2D eigenvalue weighted by Crippen LogP contribution is 2.40. The van der Waals surface area contributed by atoms with Crippen LogP contribution in [0.15, 0.2) is 0 Å². The molecule has 0 aromatic rings. The monoisotopic (exact) mass is 609 g/mol. The van der Waals surface area contributed by atoms with Gasteiger partial charge in [0.25, 0.3) is 0 Å². The molecule has 0 aromatic carbocycles. The number of hydrogen-bond acceptors (Lipinski definition) is 8. The molecule has 0 radical (unpaired) electrons. The van der Waals surface area contributed by atoms with E-state index in [9.17, 15) is 24.3 Å². The van der Waals surface area contributed by atoms with E-state index in [-0.39, 0.29) is 25.3 Å². The van der Waals surface area contributed by atoms with Crippen LogP contribution < -0.4 is 5.32 Å². The van der Waals surface area contributed by atoms with Gasteiger partial charge in [-0.05, 0) is 94.8 Å². The van der Waals surface area contributed by atoms with Crippen molar-refractivity contribution in [2.45, 2.75) is 154 Å². The summed E-state index contributed by atoms with van der Waals surface area (Å²) in [6, 6.07) is -1.37. The summed E-state index contributed by atoms with van der Waals surface area (Å²) < 4.78 is 23.3. The number of carbonyl (C=O) groups excluding carboxylic acids is 3. The molecule has 3 rings (SSSR count). The van der Waals surface area contributed by atoms with E-state index in [1.807, 2.05) is 27.7 Å². The van der Waals surface area contributed by atoms with Crippen LogP contribution in [-0.2, 0) is 28.4 Å². The number of amides is 3. The molecule has 3 saturated heterocycles. The van der Waals surface area contributed by atoms with Crippen LogP contribution in [0.25, 0.3) is 0 Å². The van der Waals surface area contributed by atoms with Crippen molar-refractivity contribution < 1.29 is 43.1 Å². The van der Waals surface area contributed by atoms with Crippen molar-refractivity contribution in [3.8, 4) is 0 Å². The van der Waals surface area contributed by atoms with E-state index in [2.05, 4.69) is 5.32 Å². The summed E-state index contributed by atoms with van der Waals surface area (Å²) in [6.45, 7) is 18.8. The van der Waals surface area contributed by atoms with Crippen molar-refractivity contribution in [1.29, 1.82) is 0 Å². The van der Waals surface area contributed by atoms with Gasteiger partial charge < -0.3 is 29.2 Å². The second-order valence-electron chi connectivity index (χ2n) is 15.1. The smallest absolute Gasteiger partial charge is 0.457 e. The standard InChI is InChI=1S/C30H52BN3O9/c1-26(2,3)40-24(38)33-17-13-14-21(33)22(35)32-20-18-30(23(36)37,34(19-20)25(39)41-27(4,5)6)15-11-12-16-31-42-28(7,8)29(9,10)43-31/h20-21H,11-19H2,1-10H3,(H,32,35)(H,36,37)/t20?,21-,30?/m0/s1. The first-order valence-electron chi connectivity index (χ1n) is 15.5. The predicted octanol–water partition coefficient (Wildman–Crippen LogP) is 4.60. The Morgan fingerprint density at radius 3 is 2.02 bits per heavy atom. The second-order valence-corrected chi connectivity index (χ2v) is 15.1. The number of likely N-dealkylation sites (tertiary alicyclic amines) is 2. The number of aliphatic carboxylic acids is 1. The van der Waals surface area contributed by atoms with Crippen LogP contribution in [-0.4, -0.2) is 99.2 Å². The first kappa shape index (κ1) is 34.9. The van der Waals surface area contributed by atoms with Crippen LogP contribution in [0, 0.1) is 0 Å². The van der Waals surface area contributed by atoms with Crippen LogP contribution in [0.2, 0.25) is 6.32 Å². The number of nitrogens with zero attached hydrogens (tertiary/aromatic N) is 2. The predicted molar refractivity (Wildman–Crippen MR) is 161 cm³/mol. The Hall–Kier alpha value is -2.54. The largest absolute Gasteiger partial charge is 0.479 e. The van der Waals surface area contributed by atoms with E-state index < -0.39 is 65.3 Å². The third-order valence-electron chi connectivity index (χ3n) is 8.63. The Morgan fingerprint density at radius 1 is 0.930 bits per heavy atom. The number of ether oxygens (including phenoxy) is 2. The molecule has 0 saturated carbocycles. The molecule has 0 aromatic heterocycles. The molecular formula is C30H52BN3O9. The third-order valence-corrected chi connectivity index (χ3v) is 8.63. The molecule has 2 N–H and O–H groups in total. The summed E-state index contributed by atoms with van der Waals surface area (Å²) in [5.41, 5.74) is -4.02. The third kappa shape index (κ3) is 8.35. The Balaban J connectivity index is 1.72. The Kier molecular flexibility index (Phi) is 10.1. The lowest BCUT2D eigenvalue weighted by molar-refractivity contribution is -0.150. The van der Waals surface area contributed by atoms with Crippen LogP contribution in [0.5, 0.6) is 0 Å². The molecule has 3 aliphatic rings. The molecule has 3 aliphatic heterocycles. The van der Waals surface area contributed by atoms with Gasteiger partial charge in [-0.1, -0.05) is 12.8 Å². The zero-order chi connectivity index (χ0) is 32.6. The molecule has 0 bridgehead atoms.